The van der Waals surface area contributed by atoms with Gasteiger partial charge in [-0.1, -0.05) is 23.2 Å². The highest BCUT2D eigenvalue weighted by Crippen LogP contribution is 2.32. The highest BCUT2D eigenvalue weighted by molar-refractivity contribution is 6.35. The van der Waals surface area contributed by atoms with E-state index in [4.69, 9.17) is 32.7 Å². The Morgan fingerprint density at radius 3 is 2.85 bits per heavy atom. The minimum atomic E-state index is -0.535. The molecule has 0 saturated carbocycles. The van der Waals surface area contributed by atoms with Gasteiger partial charge in [-0.2, -0.15) is 0 Å². The van der Waals surface area contributed by atoms with Crippen molar-refractivity contribution in [1.82, 2.24) is 0 Å². The van der Waals surface area contributed by atoms with Gasteiger partial charge in [-0.3, -0.25) is 9.59 Å². The number of hydrogen-bond donors (Lipinski definition) is 2. The normalized spacial score (nSPS) is 15.4. The molecule has 3 rings (SSSR count). The summed E-state index contributed by atoms with van der Waals surface area (Å²) in [6.07, 6.45) is 0.266. The Labute approximate surface area is 166 Å². The molecule has 2 N–H and O–H groups in total. The fourth-order valence-electron chi connectivity index (χ4n) is 2.52. The second-order valence-electron chi connectivity index (χ2n) is 6.04. The minimum Gasteiger partial charge on any atom is -0.492 e. The lowest BCUT2D eigenvalue weighted by Gasteiger charge is -2.23. The second-order valence-corrected chi connectivity index (χ2v) is 6.88. The van der Waals surface area contributed by atoms with E-state index >= 15 is 0 Å². The maximum atomic E-state index is 12.1. The van der Waals surface area contributed by atoms with Gasteiger partial charge in [-0.25, -0.2) is 0 Å². The van der Waals surface area contributed by atoms with Gasteiger partial charge in [0, 0.05) is 17.1 Å². The average molecular weight is 409 g/mol. The van der Waals surface area contributed by atoms with Gasteiger partial charge in [-0.05, 0) is 49.7 Å². The van der Waals surface area contributed by atoms with Crippen molar-refractivity contribution in [3.05, 3.63) is 46.4 Å². The topological polar surface area (TPSA) is 76.7 Å². The van der Waals surface area contributed by atoms with E-state index in [9.17, 15) is 9.59 Å². The van der Waals surface area contributed by atoms with E-state index in [1.165, 1.54) is 0 Å². The van der Waals surface area contributed by atoms with Crippen LogP contribution >= 0.6 is 23.2 Å². The molecule has 0 aromatic heterocycles. The average Bonchev–Trinajstić information content (AvgIpc) is 2.61. The number of rotatable bonds is 6. The zero-order chi connectivity index (χ0) is 19.4. The zero-order valence-corrected chi connectivity index (χ0v) is 16.1. The summed E-state index contributed by atoms with van der Waals surface area (Å²) in [5.41, 5.74) is 1.12. The lowest BCUT2D eigenvalue weighted by Crippen LogP contribution is -2.34. The Bertz CT molecular complexity index is 873. The maximum absolute atomic E-state index is 12.1. The highest BCUT2D eigenvalue weighted by Gasteiger charge is 2.23. The lowest BCUT2D eigenvalue weighted by atomic mass is 10.2. The van der Waals surface area contributed by atoms with Gasteiger partial charge in [0.2, 0.25) is 5.91 Å². The van der Waals surface area contributed by atoms with Crippen LogP contribution in [-0.4, -0.2) is 24.5 Å². The zero-order valence-electron chi connectivity index (χ0n) is 14.6. The third-order valence-corrected chi connectivity index (χ3v) is 4.42. The molecule has 142 valence electrons. The van der Waals surface area contributed by atoms with Gasteiger partial charge in [0.05, 0.1) is 17.3 Å². The van der Waals surface area contributed by atoms with Crippen molar-refractivity contribution in [3.63, 3.8) is 0 Å². The fraction of sp³-hybridized carbons (Fsp3) is 0.263. The summed E-state index contributed by atoms with van der Waals surface area (Å²) in [6.45, 7) is 2.02. The largest absolute Gasteiger partial charge is 0.492 e. The Kier molecular flexibility index (Phi) is 6.08. The van der Waals surface area contributed by atoms with Crippen molar-refractivity contribution < 1.29 is 19.1 Å². The van der Waals surface area contributed by atoms with E-state index in [0.29, 0.717) is 45.9 Å². The lowest BCUT2D eigenvalue weighted by molar-refractivity contribution is -0.122. The van der Waals surface area contributed by atoms with Crippen LogP contribution in [-0.2, 0) is 9.59 Å². The summed E-state index contributed by atoms with van der Waals surface area (Å²) in [6, 6.07) is 10.1. The second kappa shape index (κ2) is 8.50. The first-order valence-electron chi connectivity index (χ1n) is 8.41. The van der Waals surface area contributed by atoms with Gasteiger partial charge in [0.15, 0.2) is 6.10 Å². The van der Waals surface area contributed by atoms with Crippen molar-refractivity contribution >= 4 is 46.4 Å². The van der Waals surface area contributed by atoms with Crippen LogP contribution in [0, 0.1) is 0 Å². The number of nitrogens with one attached hydrogen (secondary N) is 2. The summed E-state index contributed by atoms with van der Waals surface area (Å²) in [4.78, 5) is 23.8. The Hall–Kier alpha value is -2.44. The molecule has 0 saturated heterocycles. The molecule has 0 radical (unpaired) electrons. The number of amides is 2. The SMILES string of the molecule is C[C@H]1Oc2ccc(NC(=O)CCCOc3ccc(Cl)cc3Cl)cc2NC1=O. The number of ether oxygens (including phenoxy) is 2. The molecule has 0 spiro atoms. The first-order chi connectivity index (χ1) is 12.9. The molecule has 2 aromatic carbocycles. The monoisotopic (exact) mass is 408 g/mol. The number of halogens is 2. The van der Waals surface area contributed by atoms with Crippen LogP contribution in [0.1, 0.15) is 19.8 Å². The number of fused-ring (bicyclic) bond motifs is 1. The highest BCUT2D eigenvalue weighted by atomic mass is 35.5. The number of carbonyl (C=O) groups is 2. The summed E-state index contributed by atoms with van der Waals surface area (Å²) in [5, 5.41) is 6.50. The molecule has 2 amide bonds. The summed E-state index contributed by atoms with van der Waals surface area (Å²) < 4.78 is 11.0. The predicted octanol–water partition coefficient (Wildman–Crippen LogP) is 4.51. The molecular formula is C19H18Cl2N2O4. The maximum Gasteiger partial charge on any atom is 0.265 e. The van der Waals surface area contributed by atoms with Crippen LogP contribution in [0.25, 0.3) is 0 Å². The molecular weight excluding hydrogens is 391 g/mol. The van der Waals surface area contributed by atoms with Crippen molar-refractivity contribution in [2.75, 3.05) is 17.2 Å². The number of benzene rings is 2. The molecule has 0 aliphatic carbocycles. The summed E-state index contributed by atoms with van der Waals surface area (Å²) >= 11 is 11.9. The van der Waals surface area contributed by atoms with Crippen molar-refractivity contribution in [2.24, 2.45) is 0 Å². The fourth-order valence-corrected chi connectivity index (χ4v) is 2.98. The van der Waals surface area contributed by atoms with Crippen molar-refractivity contribution in [2.45, 2.75) is 25.9 Å². The first kappa shape index (κ1) is 19.3. The van der Waals surface area contributed by atoms with E-state index in [1.807, 2.05) is 0 Å². The predicted molar refractivity (Wildman–Crippen MR) is 105 cm³/mol. The molecule has 1 aliphatic heterocycles. The van der Waals surface area contributed by atoms with Crippen LogP contribution < -0.4 is 20.1 Å². The minimum absolute atomic E-state index is 0.155. The van der Waals surface area contributed by atoms with E-state index in [1.54, 1.807) is 43.3 Å². The number of anilines is 2. The van der Waals surface area contributed by atoms with Crippen LogP contribution in [0.3, 0.4) is 0 Å². The Balaban J connectivity index is 1.47. The van der Waals surface area contributed by atoms with E-state index in [0.717, 1.165) is 0 Å². The molecule has 0 unspecified atom stereocenters. The van der Waals surface area contributed by atoms with Crippen LogP contribution in [0.5, 0.6) is 11.5 Å². The van der Waals surface area contributed by atoms with E-state index in [-0.39, 0.29) is 18.2 Å². The third kappa shape index (κ3) is 5.05. The standard InChI is InChI=1S/C19H18Cl2N2O4/c1-11-19(25)23-15-10-13(5-7-17(15)27-11)22-18(24)3-2-8-26-16-6-4-12(20)9-14(16)21/h4-7,9-11H,2-3,8H2,1H3,(H,22,24)(H,23,25)/t11-/m1/s1. The molecule has 1 heterocycles. The van der Waals surface area contributed by atoms with E-state index < -0.39 is 6.10 Å². The van der Waals surface area contributed by atoms with Gasteiger partial charge < -0.3 is 20.1 Å². The molecule has 6 nitrogen and oxygen atoms in total. The summed E-state index contributed by atoms with van der Waals surface area (Å²) in [5.74, 6) is 0.732. The van der Waals surface area contributed by atoms with Crippen LogP contribution in [0.15, 0.2) is 36.4 Å². The quantitative estimate of drug-likeness (QED) is 0.689. The molecule has 8 heteroatoms. The van der Waals surface area contributed by atoms with Gasteiger partial charge in [-0.15, -0.1) is 0 Å². The third-order valence-electron chi connectivity index (χ3n) is 3.89. The molecule has 27 heavy (non-hydrogen) atoms. The Morgan fingerprint density at radius 1 is 1.26 bits per heavy atom. The summed E-state index contributed by atoms with van der Waals surface area (Å²) in [7, 11) is 0. The number of carbonyl (C=O) groups excluding carboxylic acids is 2. The van der Waals surface area contributed by atoms with Crippen molar-refractivity contribution in [1.29, 1.82) is 0 Å². The molecule has 0 bridgehead atoms. The number of hydrogen-bond acceptors (Lipinski definition) is 4. The first-order valence-corrected chi connectivity index (χ1v) is 9.17. The van der Waals surface area contributed by atoms with Crippen LogP contribution in [0.4, 0.5) is 11.4 Å². The van der Waals surface area contributed by atoms with Gasteiger partial charge in [0.25, 0.3) is 5.91 Å². The van der Waals surface area contributed by atoms with Gasteiger partial charge >= 0.3 is 0 Å². The molecule has 2 aromatic rings. The molecule has 1 aliphatic rings. The molecule has 1 atom stereocenters. The van der Waals surface area contributed by atoms with Crippen LogP contribution in [0.2, 0.25) is 10.0 Å². The van der Waals surface area contributed by atoms with Crippen molar-refractivity contribution in [3.8, 4) is 11.5 Å². The Morgan fingerprint density at radius 2 is 2.07 bits per heavy atom. The smallest absolute Gasteiger partial charge is 0.265 e. The van der Waals surface area contributed by atoms with Gasteiger partial charge in [0.1, 0.15) is 11.5 Å². The van der Waals surface area contributed by atoms with E-state index in [2.05, 4.69) is 10.6 Å². The molecule has 0 fully saturated rings.